The number of carbonyl (C=O) groups is 2. The molecule has 8 nitrogen and oxygen atoms in total. The maximum atomic E-state index is 12.1. The molecule has 0 radical (unpaired) electrons. The highest BCUT2D eigenvalue weighted by molar-refractivity contribution is 5.97. The molecule has 146 valence electrons. The van der Waals surface area contributed by atoms with Gasteiger partial charge in [-0.2, -0.15) is 0 Å². The van der Waals surface area contributed by atoms with E-state index in [1.165, 1.54) is 4.90 Å². The second kappa shape index (κ2) is 8.08. The minimum atomic E-state index is -0.268. The Balaban J connectivity index is 1.59. The molecule has 0 atom stereocenters. The SMILES string of the molecule is Cc1ccc(NC(=O)NCCn2nnc3cc(C(=O)N(C)C)ccc32)c(C)c1. The second-order valence-electron chi connectivity index (χ2n) is 6.91. The summed E-state index contributed by atoms with van der Waals surface area (Å²) in [4.78, 5) is 25.7. The van der Waals surface area contributed by atoms with Crippen molar-refractivity contribution in [2.75, 3.05) is 26.0 Å². The standard InChI is InChI=1S/C20H24N6O2/c1-13-5-7-16(14(2)11-13)22-20(28)21-9-10-26-18-8-6-15(19(27)25(3)4)12-17(18)23-24-26/h5-8,11-12H,9-10H2,1-4H3,(H2,21,22,28). The van der Waals surface area contributed by atoms with E-state index in [1.54, 1.807) is 30.9 Å². The number of anilines is 1. The molecule has 3 amide bonds. The van der Waals surface area contributed by atoms with Gasteiger partial charge >= 0.3 is 6.03 Å². The Labute approximate surface area is 163 Å². The third kappa shape index (κ3) is 4.28. The number of aryl methyl sites for hydroxylation is 2. The molecular formula is C20H24N6O2. The molecule has 3 rings (SSSR count). The van der Waals surface area contributed by atoms with Gasteiger partial charge in [0.05, 0.1) is 12.1 Å². The van der Waals surface area contributed by atoms with Crippen molar-refractivity contribution in [3.05, 3.63) is 53.1 Å². The number of amides is 3. The number of fused-ring (bicyclic) bond motifs is 1. The zero-order valence-corrected chi connectivity index (χ0v) is 16.5. The van der Waals surface area contributed by atoms with Crippen LogP contribution in [0.25, 0.3) is 11.0 Å². The van der Waals surface area contributed by atoms with Gasteiger partial charge in [0.1, 0.15) is 5.52 Å². The van der Waals surface area contributed by atoms with Gasteiger partial charge in [-0.25, -0.2) is 9.48 Å². The molecule has 0 saturated carbocycles. The first-order valence-corrected chi connectivity index (χ1v) is 9.02. The molecule has 0 aliphatic carbocycles. The topological polar surface area (TPSA) is 92.1 Å². The summed E-state index contributed by atoms with van der Waals surface area (Å²) in [6.07, 6.45) is 0. The summed E-state index contributed by atoms with van der Waals surface area (Å²) < 4.78 is 1.71. The fourth-order valence-corrected chi connectivity index (χ4v) is 2.92. The van der Waals surface area contributed by atoms with E-state index in [0.29, 0.717) is 24.2 Å². The Hall–Kier alpha value is -3.42. The normalized spacial score (nSPS) is 10.7. The molecule has 0 saturated heterocycles. The first-order valence-electron chi connectivity index (χ1n) is 9.02. The number of hydrogen-bond donors (Lipinski definition) is 2. The van der Waals surface area contributed by atoms with Crippen LogP contribution in [-0.2, 0) is 6.54 Å². The zero-order chi connectivity index (χ0) is 20.3. The van der Waals surface area contributed by atoms with E-state index in [4.69, 9.17) is 0 Å². The second-order valence-corrected chi connectivity index (χ2v) is 6.91. The Morgan fingerprint density at radius 1 is 1.11 bits per heavy atom. The van der Waals surface area contributed by atoms with Crippen molar-refractivity contribution in [3.8, 4) is 0 Å². The zero-order valence-electron chi connectivity index (χ0n) is 16.5. The predicted octanol–water partition coefficient (Wildman–Crippen LogP) is 2.57. The highest BCUT2D eigenvalue weighted by Crippen LogP contribution is 2.16. The fourth-order valence-electron chi connectivity index (χ4n) is 2.92. The molecular weight excluding hydrogens is 356 g/mol. The van der Waals surface area contributed by atoms with Crippen LogP contribution in [0, 0.1) is 13.8 Å². The van der Waals surface area contributed by atoms with Crippen LogP contribution in [0.15, 0.2) is 36.4 Å². The molecule has 0 bridgehead atoms. The monoisotopic (exact) mass is 380 g/mol. The fraction of sp³-hybridized carbons (Fsp3) is 0.300. The van der Waals surface area contributed by atoms with E-state index in [0.717, 1.165) is 22.3 Å². The molecule has 0 aliphatic heterocycles. The quantitative estimate of drug-likeness (QED) is 0.712. The third-order valence-corrected chi connectivity index (χ3v) is 4.41. The molecule has 0 aliphatic rings. The van der Waals surface area contributed by atoms with Gasteiger partial charge in [0, 0.05) is 31.9 Å². The smallest absolute Gasteiger partial charge is 0.319 e. The van der Waals surface area contributed by atoms with Gasteiger partial charge < -0.3 is 15.5 Å². The summed E-state index contributed by atoms with van der Waals surface area (Å²) in [5.41, 5.74) is 4.97. The number of carbonyl (C=O) groups excluding carboxylic acids is 2. The van der Waals surface area contributed by atoms with Crippen molar-refractivity contribution in [2.24, 2.45) is 0 Å². The van der Waals surface area contributed by atoms with Crippen LogP contribution in [0.2, 0.25) is 0 Å². The molecule has 1 aromatic heterocycles. The first kappa shape index (κ1) is 19.3. The summed E-state index contributed by atoms with van der Waals surface area (Å²) in [7, 11) is 3.41. The van der Waals surface area contributed by atoms with Crippen LogP contribution in [0.1, 0.15) is 21.5 Å². The average molecular weight is 380 g/mol. The lowest BCUT2D eigenvalue weighted by Gasteiger charge is -2.11. The van der Waals surface area contributed by atoms with E-state index < -0.39 is 0 Å². The molecule has 0 unspecified atom stereocenters. The van der Waals surface area contributed by atoms with Gasteiger partial charge in [-0.15, -0.1) is 5.10 Å². The largest absolute Gasteiger partial charge is 0.345 e. The predicted molar refractivity (Wildman–Crippen MR) is 108 cm³/mol. The number of urea groups is 1. The Kier molecular flexibility index (Phi) is 5.58. The van der Waals surface area contributed by atoms with E-state index in [-0.39, 0.29) is 11.9 Å². The minimum absolute atomic E-state index is 0.0822. The van der Waals surface area contributed by atoms with Crippen LogP contribution in [0.3, 0.4) is 0 Å². The van der Waals surface area contributed by atoms with Crippen LogP contribution in [0.5, 0.6) is 0 Å². The molecule has 2 aromatic carbocycles. The lowest BCUT2D eigenvalue weighted by Crippen LogP contribution is -2.31. The van der Waals surface area contributed by atoms with E-state index >= 15 is 0 Å². The summed E-state index contributed by atoms with van der Waals surface area (Å²) in [5.74, 6) is -0.0822. The number of rotatable bonds is 5. The first-order chi connectivity index (χ1) is 13.3. The van der Waals surface area contributed by atoms with Crippen LogP contribution in [0.4, 0.5) is 10.5 Å². The summed E-state index contributed by atoms with van der Waals surface area (Å²) in [5, 5.41) is 13.9. The van der Waals surface area contributed by atoms with Crippen molar-refractivity contribution in [1.82, 2.24) is 25.2 Å². The van der Waals surface area contributed by atoms with Gasteiger partial charge in [-0.1, -0.05) is 22.9 Å². The lowest BCUT2D eigenvalue weighted by atomic mass is 10.1. The van der Waals surface area contributed by atoms with Crippen LogP contribution >= 0.6 is 0 Å². The van der Waals surface area contributed by atoms with Crippen molar-refractivity contribution in [1.29, 1.82) is 0 Å². The summed E-state index contributed by atoms with van der Waals surface area (Å²) >= 11 is 0. The molecule has 0 fully saturated rings. The summed E-state index contributed by atoms with van der Waals surface area (Å²) in [6, 6.07) is 10.9. The average Bonchev–Trinajstić information content (AvgIpc) is 3.05. The van der Waals surface area contributed by atoms with Crippen molar-refractivity contribution in [3.63, 3.8) is 0 Å². The molecule has 0 spiro atoms. The van der Waals surface area contributed by atoms with Gasteiger partial charge in [0.2, 0.25) is 0 Å². The van der Waals surface area contributed by atoms with Crippen LogP contribution < -0.4 is 10.6 Å². The Morgan fingerprint density at radius 3 is 2.61 bits per heavy atom. The van der Waals surface area contributed by atoms with Crippen molar-refractivity contribution in [2.45, 2.75) is 20.4 Å². The molecule has 1 heterocycles. The number of nitrogens with zero attached hydrogens (tertiary/aromatic N) is 4. The number of nitrogens with one attached hydrogen (secondary N) is 2. The van der Waals surface area contributed by atoms with E-state index in [1.807, 2.05) is 38.1 Å². The van der Waals surface area contributed by atoms with Gasteiger partial charge in [-0.3, -0.25) is 4.79 Å². The Morgan fingerprint density at radius 2 is 1.89 bits per heavy atom. The van der Waals surface area contributed by atoms with Crippen LogP contribution in [-0.4, -0.2) is 52.5 Å². The highest BCUT2D eigenvalue weighted by atomic mass is 16.2. The highest BCUT2D eigenvalue weighted by Gasteiger charge is 2.12. The number of benzene rings is 2. The minimum Gasteiger partial charge on any atom is -0.345 e. The van der Waals surface area contributed by atoms with Gasteiger partial charge in [0.15, 0.2) is 0 Å². The number of hydrogen-bond acceptors (Lipinski definition) is 4. The van der Waals surface area contributed by atoms with E-state index in [9.17, 15) is 9.59 Å². The third-order valence-electron chi connectivity index (χ3n) is 4.41. The molecule has 2 N–H and O–H groups in total. The molecule has 3 aromatic rings. The number of aromatic nitrogens is 3. The maximum absolute atomic E-state index is 12.1. The molecule has 8 heteroatoms. The van der Waals surface area contributed by atoms with Crippen molar-refractivity contribution >= 4 is 28.7 Å². The van der Waals surface area contributed by atoms with Crippen molar-refractivity contribution < 1.29 is 9.59 Å². The van der Waals surface area contributed by atoms with Gasteiger partial charge in [0.25, 0.3) is 5.91 Å². The lowest BCUT2D eigenvalue weighted by molar-refractivity contribution is 0.0827. The summed E-state index contributed by atoms with van der Waals surface area (Å²) in [6.45, 7) is 4.84. The maximum Gasteiger partial charge on any atom is 0.319 e. The van der Waals surface area contributed by atoms with Gasteiger partial charge in [-0.05, 0) is 43.7 Å². The Bertz CT molecular complexity index is 1020. The van der Waals surface area contributed by atoms with E-state index in [2.05, 4.69) is 20.9 Å². The molecule has 28 heavy (non-hydrogen) atoms.